The van der Waals surface area contributed by atoms with Gasteiger partial charge in [-0.05, 0) is 35.6 Å². The van der Waals surface area contributed by atoms with E-state index in [0.29, 0.717) is 24.6 Å². The van der Waals surface area contributed by atoms with E-state index in [2.05, 4.69) is 0 Å². The van der Waals surface area contributed by atoms with Crippen LogP contribution in [0.2, 0.25) is 0 Å². The van der Waals surface area contributed by atoms with Crippen molar-refractivity contribution in [2.24, 2.45) is 0 Å². The van der Waals surface area contributed by atoms with E-state index in [-0.39, 0.29) is 19.1 Å². The molecule has 1 aliphatic rings. The maximum atomic E-state index is 12.2. The summed E-state index contributed by atoms with van der Waals surface area (Å²) in [5.74, 6) is 0.204. The molecule has 0 bridgehead atoms. The number of hydrogen-bond acceptors (Lipinski definition) is 6. The van der Waals surface area contributed by atoms with Crippen LogP contribution in [0.3, 0.4) is 0 Å². The van der Waals surface area contributed by atoms with Crippen LogP contribution in [0.4, 0.5) is 0 Å². The summed E-state index contributed by atoms with van der Waals surface area (Å²) >= 11 is 1.71. The second kappa shape index (κ2) is 8.02. The minimum absolute atomic E-state index is 0.192. The Morgan fingerprint density at radius 3 is 2.76 bits per heavy atom. The summed E-state index contributed by atoms with van der Waals surface area (Å²) < 4.78 is 15.5. The standard InChI is InChI=1S/C18H19NO5S/c1-22-14-4-2-3-5-15(14)23-12-18(21)24-11-17(20)19-8-6-16-13(10-19)7-9-25-16/h2-5,7,9H,6,8,10-12H2,1H3. The van der Waals surface area contributed by atoms with Gasteiger partial charge in [-0.3, -0.25) is 4.79 Å². The van der Waals surface area contributed by atoms with Crippen LogP contribution in [0.5, 0.6) is 11.5 Å². The Morgan fingerprint density at radius 1 is 1.16 bits per heavy atom. The Balaban J connectivity index is 1.44. The molecule has 0 saturated heterocycles. The monoisotopic (exact) mass is 361 g/mol. The molecule has 0 aliphatic carbocycles. The van der Waals surface area contributed by atoms with Crippen molar-refractivity contribution in [3.05, 3.63) is 46.2 Å². The summed E-state index contributed by atoms with van der Waals surface area (Å²) in [7, 11) is 1.52. The average Bonchev–Trinajstić information content (AvgIpc) is 3.12. The number of rotatable bonds is 6. The van der Waals surface area contributed by atoms with Crippen LogP contribution < -0.4 is 9.47 Å². The molecular weight excluding hydrogens is 342 g/mol. The highest BCUT2D eigenvalue weighted by molar-refractivity contribution is 7.10. The van der Waals surface area contributed by atoms with Crippen molar-refractivity contribution in [3.8, 4) is 11.5 Å². The molecule has 1 amide bonds. The highest BCUT2D eigenvalue weighted by Crippen LogP contribution is 2.26. The summed E-state index contributed by atoms with van der Waals surface area (Å²) in [6, 6.07) is 9.05. The molecule has 7 heteroatoms. The van der Waals surface area contributed by atoms with Gasteiger partial charge in [0.1, 0.15) is 0 Å². The fourth-order valence-electron chi connectivity index (χ4n) is 2.61. The molecule has 0 unspecified atom stereocenters. The third-order valence-corrected chi connectivity index (χ3v) is 4.95. The molecule has 2 aromatic rings. The van der Waals surface area contributed by atoms with Gasteiger partial charge in [-0.1, -0.05) is 12.1 Å². The summed E-state index contributed by atoms with van der Waals surface area (Å²) in [5, 5.41) is 2.04. The van der Waals surface area contributed by atoms with Gasteiger partial charge in [-0.2, -0.15) is 0 Å². The van der Waals surface area contributed by atoms with Gasteiger partial charge in [0.2, 0.25) is 0 Å². The molecule has 2 heterocycles. The van der Waals surface area contributed by atoms with Crippen molar-refractivity contribution in [1.82, 2.24) is 4.90 Å². The lowest BCUT2D eigenvalue weighted by molar-refractivity contribution is -0.154. The maximum Gasteiger partial charge on any atom is 0.344 e. The van der Waals surface area contributed by atoms with Crippen molar-refractivity contribution in [2.75, 3.05) is 26.9 Å². The molecule has 0 spiro atoms. The summed E-state index contributed by atoms with van der Waals surface area (Å²) in [6.45, 7) is 0.685. The van der Waals surface area contributed by atoms with Crippen molar-refractivity contribution in [1.29, 1.82) is 0 Å². The van der Waals surface area contributed by atoms with Crippen LogP contribution in [0.1, 0.15) is 10.4 Å². The second-order valence-electron chi connectivity index (χ2n) is 5.53. The topological polar surface area (TPSA) is 65.1 Å². The number of carbonyl (C=O) groups is 2. The van der Waals surface area contributed by atoms with Crippen molar-refractivity contribution in [3.63, 3.8) is 0 Å². The zero-order valence-corrected chi connectivity index (χ0v) is 14.7. The Kier molecular flexibility index (Phi) is 5.55. The smallest absolute Gasteiger partial charge is 0.344 e. The molecule has 0 N–H and O–H groups in total. The molecule has 0 fully saturated rings. The van der Waals surface area contributed by atoms with Gasteiger partial charge < -0.3 is 19.1 Å². The Morgan fingerprint density at radius 2 is 1.96 bits per heavy atom. The minimum atomic E-state index is -0.590. The van der Waals surface area contributed by atoms with Gasteiger partial charge in [-0.25, -0.2) is 4.79 Å². The van der Waals surface area contributed by atoms with Gasteiger partial charge in [0, 0.05) is 18.0 Å². The third-order valence-electron chi connectivity index (χ3n) is 3.93. The maximum absolute atomic E-state index is 12.2. The average molecular weight is 361 g/mol. The Labute approximate surface area is 149 Å². The van der Waals surface area contributed by atoms with E-state index in [9.17, 15) is 9.59 Å². The molecule has 1 aromatic carbocycles. The van der Waals surface area contributed by atoms with Crippen molar-refractivity contribution < 1.29 is 23.8 Å². The zero-order chi connectivity index (χ0) is 17.6. The number of benzene rings is 1. The fraction of sp³-hybridized carbons (Fsp3) is 0.333. The van der Waals surface area contributed by atoms with Crippen molar-refractivity contribution in [2.45, 2.75) is 13.0 Å². The van der Waals surface area contributed by atoms with Crippen LogP contribution in [-0.4, -0.2) is 43.6 Å². The fourth-order valence-corrected chi connectivity index (χ4v) is 3.50. The first kappa shape index (κ1) is 17.3. The molecule has 1 aromatic heterocycles. The highest BCUT2D eigenvalue weighted by Gasteiger charge is 2.22. The zero-order valence-electron chi connectivity index (χ0n) is 13.9. The molecule has 132 valence electrons. The molecule has 6 nitrogen and oxygen atoms in total. The van der Waals surface area contributed by atoms with Crippen LogP contribution in [0, 0.1) is 0 Å². The molecule has 0 saturated carbocycles. The first-order valence-electron chi connectivity index (χ1n) is 7.92. The first-order chi connectivity index (χ1) is 12.2. The molecule has 1 aliphatic heterocycles. The van der Waals surface area contributed by atoms with E-state index < -0.39 is 5.97 Å². The van der Waals surface area contributed by atoms with Crippen molar-refractivity contribution >= 4 is 23.2 Å². The van der Waals surface area contributed by atoms with E-state index in [1.54, 1.807) is 40.5 Å². The first-order valence-corrected chi connectivity index (χ1v) is 8.80. The number of para-hydroxylation sites is 2. The van der Waals surface area contributed by atoms with Gasteiger partial charge >= 0.3 is 5.97 Å². The lowest BCUT2D eigenvalue weighted by Crippen LogP contribution is -2.38. The van der Waals surface area contributed by atoms with E-state index in [0.717, 1.165) is 6.42 Å². The van der Waals surface area contributed by atoms with E-state index >= 15 is 0 Å². The van der Waals surface area contributed by atoms with E-state index in [1.807, 2.05) is 11.4 Å². The lowest BCUT2D eigenvalue weighted by Gasteiger charge is -2.26. The Hall–Kier alpha value is -2.54. The lowest BCUT2D eigenvalue weighted by atomic mass is 10.1. The summed E-state index contributed by atoms with van der Waals surface area (Å²) in [5.41, 5.74) is 1.18. The Bertz CT molecular complexity index is 757. The molecule has 0 radical (unpaired) electrons. The number of carbonyl (C=O) groups excluding carboxylic acids is 2. The number of fused-ring (bicyclic) bond motifs is 1. The second-order valence-corrected chi connectivity index (χ2v) is 6.54. The number of thiophene rings is 1. The molecule has 25 heavy (non-hydrogen) atoms. The van der Waals surface area contributed by atoms with E-state index in [4.69, 9.17) is 14.2 Å². The number of ether oxygens (including phenoxy) is 3. The van der Waals surface area contributed by atoms with E-state index in [1.165, 1.54) is 17.6 Å². The van der Waals surface area contributed by atoms with Gasteiger partial charge in [0.15, 0.2) is 24.7 Å². The predicted molar refractivity (Wildman–Crippen MR) is 92.9 cm³/mol. The summed E-state index contributed by atoms with van der Waals surface area (Å²) in [4.78, 5) is 27.0. The number of nitrogens with zero attached hydrogens (tertiary/aromatic N) is 1. The number of hydrogen-bond donors (Lipinski definition) is 0. The predicted octanol–water partition coefficient (Wildman–Crippen LogP) is 2.26. The third kappa shape index (κ3) is 4.30. The van der Waals surface area contributed by atoms with Crippen LogP contribution in [-0.2, 0) is 27.3 Å². The van der Waals surface area contributed by atoms with Gasteiger partial charge in [-0.15, -0.1) is 11.3 Å². The number of esters is 1. The normalized spacial score (nSPS) is 13.1. The van der Waals surface area contributed by atoms with Gasteiger partial charge in [0.05, 0.1) is 7.11 Å². The van der Waals surface area contributed by atoms with Crippen LogP contribution >= 0.6 is 11.3 Å². The molecule has 3 rings (SSSR count). The quantitative estimate of drug-likeness (QED) is 0.739. The number of methoxy groups -OCH3 is 1. The largest absolute Gasteiger partial charge is 0.493 e. The van der Waals surface area contributed by atoms with Gasteiger partial charge in [0.25, 0.3) is 5.91 Å². The number of amides is 1. The highest BCUT2D eigenvalue weighted by atomic mass is 32.1. The van der Waals surface area contributed by atoms with Crippen LogP contribution in [0.15, 0.2) is 35.7 Å². The SMILES string of the molecule is COc1ccccc1OCC(=O)OCC(=O)N1CCc2sccc2C1. The molecular formula is C18H19NO5S. The molecule has 0 atom stereocenters. The summed E-state index contributed by atoms with van der Waals surface area (Å²) in [6.07, 6.45) is 0.851. The van der Waals surface area contributed by atoms with Crippen LogP contribution in [0.25, 0.3) is 0 Å². The minimum Gasteiger partial charge on any atom is -0.493 e.